The minimum atomic E-state index is -0.00269. The molecule has 1 fully saturated rings. The van der Waals surface area contributed by atoms with E-state index in [9.17, 15) is 9.59 Å². The zero-order chi connectivity index (χ0) is 12.4. The molecule has 0 bridgehead atoms. The third kappa shape index (κ3) is 2.33. The SMILES string of the molecule is Cc1ccc(C(=O)N2CCNC(=O)CC2)n1C. The second-order valence-electron chi connectivity index (χ2n) is 4.31. The Morgan fingerprint density at radius 2 is 2.12 bits per heavy atom. The number of rotatable bonds is 1. The van der Waals surface area contributed by atoms with Gasteiger partial charge in [0.2, 0.25) is 5.91 Å². The van der Waals surface area contributed by atoms with Crippen molar-refractivity contribution < 1.29 is 9.59 Å². The van der Waals surface area contributed by atoms with Crippen molar-refractivity contribution in [3.05, 3.63) is 23.5 Å². The molecule has 2 heterocycles. The highest BCUT2D eigenvalue weighted by Gasteiger charge is 2.21. The summed E-state index contributed by atoms with van der Waals surface area (Å²) in [5.74, 6) is 0.0143. The molecule has 0 spiro atoms. The average molecular weight is 235 g/mol. The van der Waals surface area contributed by atoms with Crippen LogP contribution in [0.2, 0.25) is 0 Å². The van der Waals surface area contributed by atoms with Gasteiger partial charge in [-0.1, -0.05) is 0 Å². The fraction of sp³-hybridized carbons (Fsp3) is 0.500. The number of hydrogen-bond acceptors (Lipinski definition) is 2. The first-order valence-electron chi connectivity index (χ1n) is 5.78. The number of nitrogens with zero attached hydrogens (tertiary/aromatic N) is 2. The van der Waals surface area contributed by atoms with Crippen LogP contribution in [-0.4, -0.2) is 40.9 Å². The van der Waals surface area contributed by atoms with Gasteiger partial charge in [0.05, 0.1) is 0 Å². The summed E-state index contributed by atoms with van der Waals surface area (Å²) in [6.07, 6.45) is 0.384. The summed E-state index contributed by atoms with van der Waals surface area (Å²) in [4.78, 5) is 25.2. The lowest BCUT2D eigenvalue weighted by Crippen LogP contribution is -2.35. The van der Waals surface area contributed by atoms with Crippen LogP contribution in [-0.2, 0) is 11.8 Å². The summed E-state index contributed by atoms with van der Waals surface area (Å²) in [7, 11) is 1.88. The van der Waals surface area contributed by atoms with Crippen LogP contribution in [0, 0.1) is 6.92 Å². The van der Waals surface area contributed by atoms with Crippen LogP contribution in [0.1, 0.15) is 22.6 Å². The van der Waals surface area contributed by atoms with E-state index in [4.69, 9.17) is 0 Å². The lowest BCUT2D eigenvalue weighted by atomic mass is 10.3. The highest BCUT2D eigenvalue weighted by Crippen LogP contribution is 2.10. The molecular weight excluding hydrogens is 218 g/mol. The van der Waals surface area contributed by atoms with Crippen LogP contribution >= 0.6 is 0 Å². The van der Waals surface area contributed by atoms with Gasteiger partial charge in [-0.25, -0.2) is 0 Å². The number of aryl methyl sites for hydroxylation is 1. The molecule has 1 saturated heterocycles. The molecule has 0 unspecified atom stereocenters. The van der Waals surface area contributed by atoms with Gasteiger partial charge in [0, 0.05) is 38.8 Å². The van der Waals surface area contributed by atoms with Crippen molar-refractivity contribution in [2.75, 3.05) is 19.6 Å². The molecule has 0 radical (unpaired) electrons. The molecule has 1 aliphatic rings. The van der Waals surface area contributed by atoms with Crippen LogP contribution < -0.4 is 5.32 Å². The van der Waals surface area contributed by atoms with Gasteiger partial charge in [-0.15, -0.1) is 0 Å². The minimum Gasteiger partial charge on any atom is -0.354 e. The van der Waals surface area contributed by atoms with E-state index in [1.807, 2.05) is 30.7 Å². The Bertz CT molecular complexity index is 451. The maximum atomic E-state index is 12.3. The van der Waals surface area contributed by atoms with Gasteiger partial charge >= 0.3 is 0 Å². The molecule has 0 aliphatic carbocycles. The van der Waals surface area contributed by atoms with E-state index in [0.717, 1.165) is 5.69 Å². The number of carbonyl (C=O) groups excluding carboxylic acids is 2. The Morgan fingerprint density at radius 1 is 1.35 bits per heavy atom. The Hall–Kier alpha value is -1.78. The molecule has 1 aliphatic heterocycles. The molecule has 1 aromatic rings. The van der Waals surface area contributed by atoms with Crippen molar-refractivity contribution in [2.24, 2.45) is 7.05 Å². The molecule has 92 valence electrons. The third-order valence-corrected chi connectivity index (χ3v) is 3.19. The van der Waals surface area contributed by atoms with Crippen molar-refractivity contribution >= 4 is 11.8 Å². The highest BCUT2D eigenvalue weighted by molar-refractivity contribution is 5.93. The smallest absolute Gasteiger partial charge is 0.270 e. The van der Waals surface area contributed by atoms with Gasteiger partial charge in [-0.05, 0) is 19.1 Å². The van der Waals surface area contributed by atoms with Crippen LogP contribution in [0.25, 0.3) is 0 Å². The molecule has 17 heavy (non-hydrogen) atoms. The molecule has 0 saturated carbocycles. The first kappa shape index (κ1) is 11.7. The fourth-order valence-electron chi connectivity index (χ4n) is 1.96. The number of amides is 2. The summed E-state index contributed by atoms with van der Waals surface area (Å²) >= 11 is 0. The van der Waals surface area contributed by atoms with Crippen LogP contribution in [0.15, 0.2) is 12.1 Å². The largest absolute Gasteiger partial charge is 0.354 e. The summed E-state index contributed by atoms with van der Waals surface area (Å²) in [6, 6.07) is 3.76. The quantitative estimate of drug-likeness (QED) is 0.761. The van der Waals surface area contributed by atoms with Crippen molar-refractivity contribution in [3.63, 3.8) is 0 Å². The Morgan fingerprint density at radius 3 is 2.76 bits per heavy atom. The molecule has 2 amide bonds. The maximum absolute atomic E-state index is 12.3. The maximum Gasteiger partial charge on any atom is 0.270 e. The minimum absolute atomic E-state index is 0.00269. The average Bonchev–Trinajstić information content (AvgIpc) is 2.53. The van der Waals surface area contributed by atoms with E-state index >= 15 is 0 Å². The van der Waals surface area contributed by atoms with Crippen molar-refractivity contribution in [1.82, 2.24) is 14.8 Å². The normalized spacial score (nSPS) is 16.6. The molecule has 1 N–H and O–H groups in total. The first-order chi connectivity index (χ1) is 8.09. The highest BCUT2D eigenvalue weighted by atomic mass is 16.2. The lowest BCUT2D eigenvalue weighted by molar-refractivity contribution is -0.120. The van der Waals surface area contributed by atoms with Gasteiger partial charge in [0.25, 0.3) is 5.91 Å². The van der Waals surface area contributed by atoms with E-state index < -0.39 is 0 Å². The monoisotopic (exact) mass is 235 g/mol. The summed E-state index contributed by atoms with van der Waals surface area (Å²) in [5.41, 5.74) is 1.73. The second-order valence-corrected chi connectivity index (χ2v) is 4.31. The van der Waals surface area contributed by atoms with E-state index in [1.165, 1.54) is 0 Å². The number of carbonyl (C=O) groups is 2. The van der Waals surface area contributed by atoms with Crippen molar-refractivity contribution in [2.45, 2.75) is 13.3 Å². The van der Waals surface area contributed by atoms with Gasteiger partial charge in [-0.3, -0.25) is 9.59 Å². The zero-order valence-corrected chi connectivity index (χ0v) is 10.2. The van der Waals surface area contributed by atoms with Gasteiger partial charge in [0.1, 0.15) is 5.69 Å². The lowest BCUT2D eigenvalue weighted by Gasteiger charge is -2.19. The number of nitrogens with one attached hydrogen (secondary N) is 1. The summed E-state index contributed by atoms with van der Waals surface area (Å²) < 4.78 is 1.88. The fourth-order valence-corrected chi connectivity index (χ4v) is 1.96. The standard InChI is InChI=1S/C12H17N3O2/c1-9-3-4-10(14(9)2)12(17)15-7-5-11(16)13-6-8-15/h3-4H,5-8H2,1-2H3,(H,13,16). The molecular formula is C12H17N3O2. The predicted octanol–water partition coefficient (Wildman–Crippen LogP) is 0.296. The van der Waals surface area contributed by atoms with E-state index in [1.54, 1.807) is 4.90 Å². The Labute approximate surface area is 100 Å². The molecule has 0 atom stereocenters. The Balaban J connectivity index is 2.14. The van der Waals surface area contributed by atoms with Crippen molar-refractivity contribution in [1.29, 1.82) is 0 Å². The number of hydrogen-bond donors (Lipinski definition) is 1. The molecule has 2 rings (SSSR count). The van der Waals surface area contributed by atoms with Gasteiger partial charge < -0.3 is 14.8 Å². The number of aromatic nitrogens is 1. The van der Waals surface area contributed by atoms with Gasteiger partial charge in [0.15, 0.2) is 0 Å². The molecule has 5 nitrogen and oxygen atoms in total. The van der Waals surface area contributed by atoms with Crippen molar-refractivity contribution in [3.8, 4) is 0 Å². The predicted molar refractivity (Wildman–Crippen MR) is 63.7 cm³/mol. The second kappa shape index (κ2) is 4.61. The van der Waals surface area contributed by atoms with E-state index in [0.29, 0.717) is 31.7 Å². The Kier molecular flexibility index (Phi) is 3.17. The molecule has 5 heteroatoms. The zero-order valence-electron chi connectivity index (χ0n) is 10.2. The third-order valence-electron chi connectivity index (χ3n) is 3.19. The molecule has 1 aromatic heterocycles. The van der Waals surface area contributed by atoms with Gasteiger partial charge in [-0.2, -0.15) is 0 Å². The van der Waals surface area contributed by atoms with Crippen LogP contribution in [0.5, 0.6) is 0 Å². The molecule has 0 aromatic carbocycles. The van der Waals surface area contributed by atoms with E-state index in [2.05, 4.69) is 5.32 Å². The van der Waals surface area contributed by atoms with Crippen LogP contribution in [0.4, 0.5) is 0 Å². The van der Waals surface area contributed by atoms with Crippen LogP contribution in [0.3, 0.4) is 0 Å². The van der Waals surface area contributed by atoms with E-state index in [-0.39, 0.29) is 11.8 Å². The summed E-state index contributed by atoms with van der Waals surface area (Å²) in [5, 5.41) is 2.76. The topological polar surface area (TPSA) is 54.3 Å². The first-order valence-corrected chi connectivity index (χ1v) is 5.78. The summed E-state index contributed by atoms with van der Waals surface area (Å²) in [6.45, 7) is 3.57.